The molecule has 1 aromatic carbocycles. The van der Waals surface area contributed by atoms with Gasteiger partial charge in [-0.25, -0.2) is 4.99 Å². The van der Waals surface area contributed by atoms with Gasteiger partial charge in [-0.15, -0.1) is 0 Å². The maximum absolute atomic E-state index is 14.0. The number of carbonyl (C=O) groups is 1. The van der Waals surface area contributed by atoms with Gasteiger partial charge in [0.2, 0.25) is 5.88 Å². The van der Waals surface area contributed by atoms with E-state index in [1.807, 2.05) is 45.0 Å². The van der Waals surface area contributed by atoms with E-state index in [2.05, 4.69) is 15.9 Å². The number of furan rings is 1. The van der Waals surface area contributed by atoms with Crippen LogP contribution < -0.4 is 29.3 Å². The first kappa shape index (κ1) is 27.7. The highest BCUT2D eigenvalue weighted by Gasteiger charge is 2.36. The van der Waals surface area contributed by atoms with Crippen LogP contribution in [0.3, 0.4) is 0 Å². The second kappa shape index (κ2) is 11.2. The minimum Gasteiger partial charge on any atom is -0.497 e. The number of thiazole rings is 1. The lowest BCUT2D eigenvalue weighted by Gasteiger charge is -2.30. The largest absolute Gasteiger partial charge is 0.497 e. The number of benzene rings is 1. The Bertz CT molecular complexity index is 1580. The Labute approximate surface area is 233 Å². The van der Waals surface area contributed by atoms with Crippen molar-refractivity contribution in [1.29, 1.82) is 0 Å². The van der Waals surface area contributed by atoms with Gasteiger partial charge in [-0.3, -0.25) is 14.2 Å². The zero-order valence-electron chi connectivity index (χ0n) is 22.5. The molecule has 4 rings (SSSR count). The maximum atomic E-state index is 14.0. The fourth-order valence-corrected chi connectivity index (χ4v) is 6.19. The van der Waals surface area contributed by atoms with Gasteiger partial charge in [0.05, 0.1) is 34.5 Å². The summed E-state index contributed by atoms with van der Waals surface area (Å²) in [4.78, 5) is 36.6. The molecule has 38 heavy (non-hydrogen) atoms. The number of ether oxygens (including phenoxy) is 2. The highest BCUT2D eigenvalue weighted by atomic mass is 79.9. The number of amides is 1. The van der Waals surface area contributed by atoms with Gasteiger partial charge in [0.25, 0.3) is 11.5 Å². The van der Waals surface area contributed by atoms with E-state index in [1.165, 1.54) is 11.3 Å². The molecule has 11 heteroatoms. The van der Waals surface area contributed by atoms with E-state index >= 15 is 0 Å². The lowest BCUT2D eigenvalue weighted by atomic mass is 9.93. The number of hydrogen-bond acceptors (Lipinski definition) is 8. The van der Waals surface area contributed by atoms with Crippen LogP contribution in [0.1, 0.15) is 38.1 Å². The molecule has 0 saturated carbocycles. The standard InChI is InChI=1S/C27H31BrN4O5S/c1-8-31(9-2)25(34)22-15(3)29-27-32(23(22)18-12-16(35-6)10-11-20(18)36-7)24(33)21(38-27)14-17-13-19(28)26(37-17)30(4)5/h10-14,23H,8-9H2,1-7H3/b21-14+/t23-/m1/s1. The molecule has 0 N–H and O–H groups in total. The molecule has 0 fully saturated rings. The molecule has 0 spiro atoms. The van der Waals surface area contributed by atoms with Gasteiger partial charge in [0, 0.05) is 44.9 Å². The van der Waals surface area contributed by atoms with Crippen LogP contribution in [0.5, 0.6) is 11.5 Å². The van der Waals surface area contributed by atoms with E-state index in [9.17, 15) is 9.59 Å². The summed E-state index contributed by atoms with van der Waals surface area (Å²) < 4.78 is 19.9. The summed E-state index contributed by atoms with van der Waals surface area (Å²) in [7, 11) is 6.89. The zero-order valence-corrected chi connectivity index (χ0v) is 24.9. The second-order valence-corrected chi connectivity index (χ2v) is 10.7. The average molecular weight is 604 g/mol. The predicted molar refractivity (Wildman–Crippen MR) is 152 cm³/mol. The van der Waals surface area contributed by atoms with Gasteiger partial charge < -0.3 is 23.7 Å². The van der Waals surface area contributed by atoms with Gasteiger partial charge in [-0.1, -0.05) is 11.3 Å². The first-order valence-corrected chi connectivity index (χ1v) is 13.8. The Hall–Kier alpha value is -3.31. The summed E-state index contributed by atoms with van der Waals surface area (Å²) in [5, 5.41) is 0. The summed E-state index contributed by atoms with van der Waals surface area (Å²) in [5.74, 6) is 2.12. The normalized spacial score (nSPS) is 15.3. The lowest BCUT2D eigenvalue weighted by molar-refractivity contribution is -0.127. The Kier molecular flexibility index (Phi) is 8.17. The highest BCUT2D eigenvalue weighted by molar-refractivity contribution is 9.10. The monoisotopic (exact) mass is 602 g/mol. The van der Waals surface area contributed by atoms with Crippen LogP contribution >= 0.6 is 27.3 Å². The molecule has 0 unspecified atom stereocenters. The molecule has 0 aliphatic carbocycles. The number of rotatable bonds is 8. The van der Waals surface area contributed by atoms with Crippen LogP contribution in [0.15, 0.2) is 54.2 Å². The van der Waals surface area contributed by atoms with Crippen LogP contribution in [0.2, 0.25) is 0 Å². The number of aromatic nitrogens is 1. The van der Waals surface area contributed by atoms with Crippen LogP contribution in [-0.4, -0.2) is 56.8 Å². The molecular formula is C27H31BrN4O5S. The number of allylic oxidation sites excluding steroid dienone is 1. The van der Waals surface area contributed by atoms with Crippen molar-refractivity contribution in [2.24, 2.45) is 4.99 Å². The second-order valence-electron chi connectivity index (χ2n) is 8.86. The summed E-state index contributed by atoms with van der Waals surface area (Å²) in [6, 6.07) is 6.43. The first-order valence-electron chi connectivity index (χ1n) is 12.1. The van der Waals surface area contributed by atoms with Crippen molar-refractivity contribution in [2.75, 3.05) is 46.3 Å². The van der Waals surface area contributed by atoms with E-state index in [-0.39, 0.29) is 11.5 Å². The maximum Gasteiger partial charge on any atom is 0.271 e. The van der Waals surface area contributed by atoms with Gasteiger partial charge in [-0.05, 0) is 54.9 Å². The van der Waals surface area contributed by atoms with Crippen molar-refractivity contribution >= 4 is 45.1 Å². The number of halogens is 1. The molecule has 0 bridgehead atoms. The average Bonchev–Trinajstić information content (AvgIpc) is 3.42. The molecule has 1 aliphatic rings. The minimum absolute atomic E-state index is 0.175. The van der Waals surface area contributed by atoms with Gasteiger partial charge in [0.1, 0.15) is 23.3 Å². The fraction of sp³-hybridized carbons (Fsp3) is 0.370. The molecule has 1 atom stereocenters. The number of anilines is 1. The molecule has 1 aliphatic heterocycles. The number of nitrogens with zero attached hydrogens (tertiary/aromatic N) is 4. The lowest BCUT2D eigenvalue weighted by Crippen LogP contribution is -2.43. The number of fused-ring (bicyclic) bond motifs is 1. The molecule has 0 saturated heterocycles. The first-order chi connectivity index (χ1) is 18.1. The molecule has 0 radical (unpaired) electrons. The predicted octanol–water partition coefficient (Wildman–Crippen LogP) is 3.54. The van der Waals surface area contributed by atoms with E-state index in [4.69, 9.17) is 18.9 Å². The Morgan fingerprint density at radius 3 is 2.50 bits per heavy atom. The van der Waals surface area contributed by atoms with Gasteiger partial charge >= 0.3 is 0 Å². The van der Waals surface area contributed by atoms with Crippen molar-refractivity contribution in [2.45, 2.75) is 26.8 Å². The summed E-state index contributed by atoms with van der Waals surface area (Å²) >= 11 is 4.75. The minimum atomic E-state index is -0.757. The van der Waals surface area contributed by atoms with Crippen LogP contribution in [-0.2, 0) is 4.79 Å². The SMILES string of the molecule is CCN(CC)C(=O)C1=C(C)N=c2s/c(=C/c3cc(Br)c(N(C)C)o3)c(=O)n2[C@@H]1c1cc(OC)ccc1OC. The van der Waals surface area contributed by atoms with Crippen molar-refractivity contribution in [3.05, 3.63) is 71.0 Å². The third kappa shape index (κ3) is 4.92. The fourth-order valence-electron chi connectivity index (χ4n) is 4.51. The number of carbonyl (C=O) groups excluding carboxylic acids is 1. The van der Waals surface area contributed by atoms with Crippen LogP contribution in [0.4, 0.5) is 5.88 Å². The molecule has 9 nitrogen and oxygen atoms in total. The summed E-state index contributed by atoms with van der Waals surface area (Å²) in [5.41, 5.74) is 1.34. The zero-order chi connectivity index (χ0) is 27.7. The van der Waals surface area contributed by atoms with Crippen molar-refractivity contribution < 1.29 is 18.7 Å². The van der Waals surface area contributed by atoms with E-state index in [0.29, 0.717) is 62.4 Å². The highest BCUT2D eigenvalue weighted by Crippen LogP contribution is 2.38. The van der Waals surface area contributed by atoms with Crippen LogP contribution in [0, 0.1) is 0 Å². The smallest absolute Gasteiger partial charge is 0.271 e. The van der Waals surface area contributed by atoms with Crippen molar-refractivity contribution in [3.8, 4) is 11.5 Å². The molecule has 3 heterocycles. The Morgan fingerprint density at radius 2 is 1.92 bits per heavy atom. The van der Waals surface area contributed by atoms with Crippen molar-refractivity contribution in [1.82, 2.24) is 9.47 Å². The van der Waals surface area contributed by atoms with E-state index in [0.717, 1.165) is 4.47 Å². The third-order valence-corrected chi connectivity index (χ3v) is 7.95. The summed E-state index contributed by atoms with van der Waals surface area (Å²) in [6.07, 6.45) is 1.70. The molecular weight excluding hydrogens is 572 g/mol. The van der Waals surface area contributed by atoms with Gasteiger partial charge in [0.15, 0.2) is 4.80 Å². The third-order valence-electron chi connectivity index (χ3n) is 6.40. The molecule has 2 aromatic heterocycles. The topological polar surface area (TPSA) is 89.5 Å². The Morgan fingerprint density at radius 1 is 1.21 bits per heavy atom. The number of hydrogen-bond donors (Lipinski definition) is 0. The van der Waals surface area contributed by atoms with Crippen molar-refractivity contribution in [3.63, 3.8) is 0 Å². The van der Waals surface area contributed by atoms with Crippen LogP contribution in [0.25, 0.3) is 6.08 Å². The van der Waals surface area contributed by atoms with E-state index < -0.39 is 6.04 Å². The Balaban J connectivity index is 2.01. The van der Waals surface area contributed by atoms with E-state index in [1.54, 1.807) is 48.8 Å². The molecule has 3 aromatic rings. The molecule has 202 valence electrons. The summed E-state index contributed by atoms with van der Waals surface area (Å²) in [6.45, 7) is 6.72. The quantitative estimate of drug-likeness (QED) is 0.392. The number of methoxy groups -OCH3 is 2. The molecule has 1 amide bonds. The number of likely N-dealkylation sites (N-methyl/N-ethyl adjacent to an activating group) is 1. The van der Waals surface area contributed by atoms with Gasteiger partial charge in [-0.2, -0.15) is 0 Å².